The van der Waals surface area contributed by atoms with Gasteiger partial charge in [0.15, 0.2) is 5.57 Å². The zero-order chi connectivity index (χ0) is 16.2. The van der Waals surface area contributed by atoms with Gasteiger partial charge in [0.05, 0.1) is 5.56 Å². The van der Waals surface area contributed by atoms with Crippen molar-refractivity contribution in [2.24, 2.45) is 0 Å². The van der Waals surface area contributed by atoms with Crippen molar-refractivity contribution in [1.29, 1.82) is 15.8 Å². The number of alkyl halides is 3. The first-order valence-corrected chi connectivity index (χ1v) is 5.33. The largest absolute Gasteiger partial charge is 0.416 e. The average molecular weight is 294 g/mol. The molecule has 0 amide bonds. The van der Waals surface area contributed by atoms with Crippen LogP contribution in [0.25, 0.3) is 0 Å². The summed E-state index contributed by atoms with van der Waals surface area (Å²) in [5.74, 6) is -1.12. The van der Waals surface area contributed by atoms with E-state index < -0.39 is 34.4 Å². The molecule has 0 aliphatic carbocycles. The predicted octanol–water partition coefficient (Wildman–Crippen LogP) is 3.39. The lowest BCUT2D eigenvalue weighted by Gasteiger charge is -2.14. The number of halogens is 4. The van der Waals surface area contributed by atoms with Crippen molar-refractivity contribution in [1.82, 2.24) is 0 Å². The second-order valence-electron chi connectivity index (χ2n) is 3.84. The molecule has 0 unspecified atom stereocenters. The molecule has 1 aromatic rings. The number of allylic oxidation sites excluding steroid dienone is 2. The maximum atomic E-state index is 13.5. The van der Waals surface area contributed by atoms with E-state index in [-0.39, 0.29) is 5.69 Å². The van der Waals surface area contributed by atoms with Crippen LogP contribution in [0, 0.1) is 46.7 Å². The number of benzene rings is 1. The molecule has 0 saturated heterocycles. The van der Waals surface area contributed by atoms with E-state index in [1.165, 1.54) is 18.2 Å². The maximum Gasteiger partial charge on any atom is 0.416 e. The van der Waals surface area contributed by atoms with Crippen LogP contribution in [0.1, 0.15) is 11.1 Å². The van der Waals surface area contributed by atoms with Crippen molar-refractivity contribution in [3.8, 4) is 18.2 Å². The third-order valence-electron chi connectivity index (χ3n) is 2.50. The molecule has 0 aromatic heterocycles. The minimum atomic E-state index is -4.77. The summed E-state index contributed by atoms with van der Waals surface area (Å²) in [5.41, 5.74) is -3.36. The summed E-state index contributed by atoms with van der Waals surface area (Å²) in [5, 5.41) is 28.2. The first-order valence-electron chi connectivity index (χ1n) is 5.33. The zero-order valence-corrected chi connectivity index (χ0v) is 10.5. The lowest BCUT2D eigenvalue weighted by Crippen LogP contribution is -2.10. The van der Waals surface area contributed by atoms with Crippen LogP contribution in [0.3, 0.4) is 0 Å². The van der Waals surface area contributed by atoms with Gasteiger partial charge in [-0.05, 0) is 24.6 Å². The Morgan fingerprint density at radius 2 is 1.67 bits per heavy atom. The van der Waals surface area contributed by atoms with Crippen molar-refractivity contribution in [3.63, 3.8) is 0 Å². The second kappa shape index (κ2) is 5.94. The van der Waals surface area contributed by atoms with Crippen LogP contribution in [0.15, 0.2) is 23.4 Å². The Morgan fingerprint density at radius 3 is 2.10 bits per heavy atom. The number of hydrogen-bond acceptors (Lipinski definition) is 4. The lowest BCUT2D eigenvalue weighted by molar-refractivity contribution is -0.138. The van der Waals surface area contributed by atoms with Crippen molar-refractivity contribution >= 4 is 5.69 Å². The van der Waals surface area contributed by atoms with Gasteiger partial charge in [-0.2, -0.15) is 29.0 Å². The Labute approximate surface area is 117 Å². The summed E-state index contributed by atoms with van der Waals surface area (Å²) in [6.07, 6.45) is -4.77. The molecule has 0 bridgehead atoms. The summed E-state index contributed by atoms with van der Waals surface area (Å²) in [6.45, 7) is 0.971. The van der Waals surface area contributed by atoms with Gasteiger partial charge in [0.25, 0.3) is 0 Å². The van der Waals surface area contributed by atoms with E-state index in [1.54, 1.807) is 0 Å². The number of anilines is 1. The normalized spacial score (nSPS) is 10.0. The third-order valence-corrected chi connectivity index (χ3v) is 2.50. The average Bonchev–Trinajstić information content (AvgIpc) is 2.41. The van der Waals surface area contributed by atoms with Gasteiger partial charge in [-0.25, -0.2) is 4.39 Å². The molecule has 0 atom stereocenters. The smallest absolute Gasteiger partial charge is 0.345 e. The minimum Gasteiger partial charge on any atom is -0.345 e. The van der Waals surface area contributed by atoms with E-state index in [2.05, 4.69) is 5.32 Å². The fourth-order valence-corrected chi connectivity index (χ4v) is 1.47. The maximum absolute atomic E-state index is 13.5. The summed E-state index contributed by atoms with van der Waals surface area (Å²) in [6, 6.07) is 5.63. The first kappa shape index (κ1) is 16.0. The van der Waals surface area contributed by atoms with Crippen LogP contribution in [-0.4, -0.2) is 0 Å². The zero-order valence-electron chi connectivity index (χ0n) is 10.5. The van der Waals surface area contributed by atoms with Crippen LogP contribution in [0.5, 0.6) is 0 Å². The highest BCUT2D eigenvalue weighted by molar-refractivity contribution is 5.60. The van der Waals surface area contributed by atoms with Crippen molar-refractivity contribution in [3.05, 3.63) is 40.3 Å². The van der Waals surface area contributed by atoms with Crippen LogP contribution in [-0.2, 0) is 6.18 Å². The van der Waals surface area contributed by atoms with Gasteiger partial charge in [0.2, 0.25) is 0 Å². The summed E-state index contributed by atoms with van der Waals surface area (Å²) in [4.78, 5) is 0. The SMILES string of the molecule is Cc1c(F)cc(NC(C#N)=C(C#N)C#N)cc1C(F)(F)F. The van der Waals surface area contributed by atoms with Crippen molar-refractivity contribution in [2.75, 3.05) is 5.32 Å². The highest BCUT2D eigenvalue weighted by atomic mass is 19.4. The molecule has 1 rings (SSSR count). The monoisotopic (exact) mass is 294 g/mol. The molecule has 0 spiro atoms. The second-order valence-corrected chi connectivity index (χ2v) is 3.84. The standard InChI is InChI=1S/C13H6F4N4/c1-7-10(13(15,16)17)2-9(3-11(7)14)21-12(6-20)8(4-18)5-19/h2-3,21H,1H3. The van der Waals surface area contributed by atoms with Gasteiger partial charge in [-0.3, -0.25) is 0 Å². The molecule has 0 heterocycles. The highest BCUT2D eigenvalue weighted by Gasteiger charge is 2.34. The summed E-state index contributed by atoms with van der Waals surface area (Å²) < 4.78 is 51.7. The molecule has 0 aliphatic rings. The third kappa shape index (κ3) is 3.49. The van der Waals surface area contributed by atoms with Gasteiger partial charge in [0.1, 0.15) is 29.7 Å². The molecule has 0 radical (unpaired) electrons. The Hall–Kier alpha value is -3.05. The predicted molar refractivity (Wildman–Crippen MR) is 63.6 cm³/mol. The van der Waals surface area contributed by atoms with Crippen LogP contribution in [0.4, 0.5) is 23.2 Å². The number of nitrogens with one attached hydrogen (secondary N) is 1. The van der Waals surface area contributed by atoms with E-state index in [1.807, 2.05) is 0 Å². The molecule has 21 heavy (non-hydrogen) atoms. The molecule has 8 heteroatoms. The van der Waals surface area contributed by atoms with Crippen molar-refractivity contribution < 1.29 is 17.6 Å². The van der Waals surface area contributed by atoms with E-state index in [4.69, 9.17) is 15.8 Å². The molecule has 1 N–H and O–H groups in total. The lowest BCUT2D eigenvalue weighted by atomic mass is 10.1. The van der Waals surface area contributed by atoms with E-state index in [0.717, 1.165) is 13.0 Å². The Kier molecular flexibility index (Phi) is 4.53. The van der Waals surface area contributed by atoms with Gasteiger partial charge >= 0.3 is 6.18 Å². The van der Waals surface area contributed by atoms with Gasteiger partial charge in [0, 0.05) is 5.69 Å². The summed E-state index contributed by atoms with van der Waals surface area (Å²) in [7, 11) is 0. The number of nitrogens with zero attached hydrogens (tertiary/aromatic N) is 3. The molecule has 0 saturated carbocycles. The number of nitriles is 3. The fraction of sp³-hybridized carbons (Fsp3) is 0.154. The first-order chi connectivity index (χ1) is 9.74. The fourth-order valence-electron chi connectivity index (χ4n) is 1.47. The minimum absolute atomic E-state index is 0.384. The highest BCUT2D eigenvalue weighted by Crippen LogP contribution is 2.35. The van der Waals surface area contributed by atoms with Crippen molar-refractivity contribution in [2.45, 2.75) is 13.1 Å². The molecule has 0 aliphatic heterocycles. The van der Waals surface area contributed by atoms with E-state index in [0.29, 0.717) is 6.07 Å². The van der Waals surface area contributed by atoms with Gasteiger partial charge in [-0.1, -0.05) is 0 Å². The molecular weight excluding hydrogens is 288 g/mol. The molecule has 0 fully saturated rings. The number of hydrogen-bond donors (Lipinski definition) is 1. The van der Waals surface area contributed by atoms with Gasteiger partial charge < -0.3 is 5.32 Å². The molecule has 1 aromatic carbocycles. The molecular formula is C13H6F4N4. The Bertz CT molecular complexity index is 711. The Balaban J connectivity index is 3.40. The van der Waals surface area contributed by atoms with E-state index >= 15 is 0 Å². The quantitative estimate of drug-likeness (QED) is 0.669. The van der Waals surface area contributed by atoms with Crippen LogP contribution < -0.4 is 5.32 Å². The van der Waals surface area contributed by atoms with E-state index in [9.17, 15) is 17.6 Å². The van der Waals surface area contributed by atoms with Crippen LogP contribution in [0.2, 0.25) is 0 Å². The summed E-state index contributed by atoms with van der Waals surface area (Å²) >= 11 is 0. The molecule has 4 nitrogen and oxygen atoms in total. The van der Waals surface area contributed by atoms with Gasteiger partial charge in [-0.15, -0.1) is 0 Å². The van der Waals surface area contributed by atoms with Crippen LogP contribution >= 0.6 is 0 Å². The number of rotatable bonds is 2. The Morgan fingerprint density at radius 1 is 1.10 bits per heavy atom. The molecule has 106 valence electrons. The topological polar surface area (TPSA) is 83.4 Å².